The maximum absolute atomic E-state index is 12.0. The van der Waals surface area contributed by atoms with E-state index in [4.69, 9.17) is 10.5 Å². The third-order valence-electron chi connectivity index (χ3n) is 8.82. The summed E-state index contributed by atoms with van der Waals surface area (Å²) in [5.74, 6) is -0.902. The molecule has 0 amide bonds. The number of nitrogens with one attached hydrogen (secondary N) is 3. The van der Waals surface area contributed by atoms with E-state index < -0.39 is 23.1 Å². The molecular formula is C39H52N8O6S. The summed E-state index contributed by atoms with van der Waals surface area (Å²) in [7, 11) is 0. The van der Waals surface area contributed by atoms with Gasteiger partial charge in [-0.25, -0.2) is 19.6 Å². The number of nitrogens with two attached hydrogens (primary N) is 1. The van der Waals surface area contributed by atoms with Gasteiger partial charge in [-0.2, -0.15) is 0 Å². The first-order chi connectivity index (χ1) is 26.2. The fourth-order valence-electron chi connectivity index (χ4n) is 5.88. The molecule has 15 heteroatoms. The van der Waals surface area contributed by atoms with Crippen LogP contribution in [0.25, 0.3) is 0 Å². The van der Waals surface area contributed by atoms with Gasteiger partial charge in [0.1, 0.15) is 11.1 Å². The summed E-state index contributed by atoms with van der Waals surface area (Å²) in [5.41, 5.74) is 7.50. The molecule has 2 aromatic heterocycles. The molecule has 0 atom stereocenters. The molecule has 6 rings (SSSR count). The first-order valence-corrected chi connectivity index (χ1v) is 19.5. The second kappa shape index (κ2) is 22.4. The highest BCUT2D eigenvalue weighted by Gasteiger charge is 2.21. The van der Waals surface area contributed by atoms with Crippen LogP contribution in [0.1, 0.15) is 71.4 Å². The summed E-state index contributed by atoms with van der Waals surface area (Å²) >= 11 is 1.30. The van der Waals surface area contributed by atoms with Crippen molar-refractivity contribution in [3.8, 4) is 0 Å². The van der Waals surface area contributed by atoms with Gasteiger partial charge in [0.2, 0.25) is 5.95 Å². The molecule has 2 aliphatic heterocycles. The topological polar surface area (TPSA) is 189 Å². The summed E-state index contributed by atoms with van der Waals surface area (Å²) in [4.78, 5) is 64.1. The van der Waals surface area contributed by atoms with Crippen molar-refractivity contribution in [2.75, 3.05) is 51.0 Å². The Morgan fingerprint density at radius 3 is 1.67 bits per heavy atom. The molecule has 4 aromatic rings. The quantitative estimate of drug-likeness (QED) is 0.0964. The number of esters is 2. The number of ether oxygens (including phenoxy) is 2. The lowest BCUT2D eigenvalue weighted by atomic mass is 10.0. The Balaban J connectivity index is 0.000000197. The predicted molar refractivity (Wildman–Crippen MR) is 211 cm³/mol. The molecule has 0 radical (unpaired) electrons. The Morgan fingerprint density at radius 2 is 1.22 bits per heavy atom. The monoisotopic (exact) mass is 760 g/mol. The van der Waals surface area contributed by atoms with Gasteiger partial charge in [0.05, 0.1) is 19.4 Å². The third kappa shape index (κ3) is 13.9. The van der Waals surface area contributed by atoms with Crippen molar-refractivity contribution < 1.29 is 19.1 Å². The van der Waals surface area contributed by atoms with Crippen molar-refractivity contribution in [2.24, 2.45) is 5.73 Å². The minimum absolute atomic E-state index is 0.0651. The zero-order valence-electron chi connectivity index (χ0n) is 31.3. The third-order valence-corrected chi connectivity index (χ3v) is 9.41. The van der Waals surface area contributed by atoms with E-state index >= 15 is 0 Å². The highest BCUT2D eigenvalue weighted by molar-refractivity contribution is 7.98. The fraction of sp³-hybridized carbons (Fsp3) is 0.436. The highest BCUT2D eigenvalue weighted by atomic mass is 32.2. The molecular weight excluding hydrogens is 709 g/mol. The zero-order valence-corrected chi connectivity index (χ0v) is 32.1. The van der Waals surface area contributed by atoms with Crippen LogP contribution in [0, 0.1) is 0 Å². The van der Waals surface area contributed by atoms with Crippen molar-refractivity contribution in [3.63, 3.8) is 0 Å². The van der Waals surface area contributed by atoms with E-state index in [2.05, 4.69) is 94.4 Å². The van der Waals surface area contributed by atoms with Crippen LogP contribution in [0.5, 0.6) is 0 Å². The number of anilines is 1. The number of nitrogens with zero attached hydrogens (tertiary/aromatic N) is 4. The molecule has 2 saturated heterocycles. The normalized spacial score (nSPS) is 15.2. The summed E-state index contributed by atoms with van der Waals surface area (Å²) in [5, 5.41) is 3.73. The molecule has 0 aliphatic carbocycles. The zero-order chi connectivity index (χ0) is 38.7. The lowest BCUT2D eigenvalue weighted by molar-refractivity contribution is 0.0514. The molecule has 0 unspecified atom stereocenters. The van der Waals surface area contributed by atoms with Crippen molar-refractivity contribution in [2.45, 2.75) is 69.9 Å². The van der Waals surface area contributed by atoms with E-state index in [9.17, 15) is 19.2 Å². The van der Waals surface area contributed by atoms with E-state index in [0.717, 1.165) is 65.0 Å². The Labute approximate surface area is 320 Å². The van der Waals surface area contributed by atoms with Crippen LogP contribution in [0.4, 0.5) is 5.95 Å². The Bertz CT molecular complexity index is 1840. The lowest BCUT2D eigenvalue weighted by Crippen LogP contribution is -2.39. The molecule has 14 nitrogen and oxygen atoms in total. The van der Waals surface area contributed by atoms with Crippen molar-refractivity contribution in [1.29, 1.82) is 0 Å². The maximum Gasteiger partial charge on any atom is 0.345 e. The molecule has 0 spiro atoms. The van der Waals surface area contributed by atoms with Gasteiger partial charge in [-0.1, -0.05) is 72.4 Å². The van der Waals surface area contributed by atoms with Gasteiger partial charge >= 0.3 is 11.9 Å². The molecule has 2 aliphatic rings. The second-order valence-electron chi connectivity index (χ2n) is 12.8. The molecule has 0 bridgehead atoms. The number of aromatic amines is 2. The second-order valence-corrected chi connectivity index (χ2v) is 13.6. The number of carbonyl (C=O) groups is 2. The van der Waals surface area contributed by atoms with Crippen LogP contribution in [-0.2, 0) is 22.6 Å². The van der Waals surface area contributed by atoms with Crippen LogP contribution in [-0.4, -0.2) is 99.4 Å². The number of rotatable bonds is 11. The standard InChI is InChI=1S/C19H24N4O3.C12H18N2.C8H10N2O3S/c1-2-26-18(25)16-12-20-19(22-17(16)24)21-15-8-10-23(11-9-15)13-14-6-4-3-5-7-14;13-12-6-8-14(9-7-12)10-11-4-2-1-3-5-11;1-3-13-7(12)5-4-9-8(14-2)10-6(5)11/h3-7,12,15H,2,8-11,13H2,1H3,(H2,20,21,22,24);1-5,12H,6-10,13H2;4H,3H2,1-2H3,(H,9,10,11). The first-order valence-electron chi connectivity index (χ1n) is 18.3. The number of H-pyrrole nitrogens is 2. The number of hydrogen-bond acceptors (Lipinski definition) is 13. The number of piperidine rings is 2. The van der Waals surface area contributed by atoms with Crippen LogP contribution >= 0.6 is 11.8 Å². The molecule has 5 N–H and O–H groups in total. The summed E-state index contributed by atoms with van der Waals surface area (Å²) in [6, 6.07) is 21.8. The number of carbonyl (C=O) groups excluding carboxylic acids is 2. The Hall–Kier alpha value is -4.83. The number of hydrogen-bond donors (Lipinski definition) is 4. The molecule has 290 valence electrons. The fourth-order valence-corrected chi connectivity index (χ4v) is 6.23. The number of likely N-dealkylation sites (tertiary alicyclic amines) is 2. The Morgan fingerprint density at radius 1 is 0.759 bits per heavy atom. The molecule has 2 aromatic carbocycles. The van der Waals surface area contributed by atoms with Gasteiger partial charge in [-0.3, -0.25) is 24.4 Å². The average Bonchev–Trinajstić information content (AvgIpc) is 3.18. The lowest BCUT2D eigenvalue weighted by Gasteiger charge is -2.32. The molecule has 4 heterocycles. The molecule has 2 fully saturated rings. The SMILES string of the molecule is CCOC(=O)c1cnc(NC2CCN(Cc3ccccc3)CC2)[nH]c1=O.CCOC(=O)c1cnc(SC)[nH]c1=O.NC1CCN(Cc2ccccc2)CC1. The van der Waals surface area contributed by atoms with E-state index in [1.54, 1.807) is 20.1 Å². The molecule has 0 saturated carbocycles. The molecule has 54 heavy (non-hydrogen) atoms. The van der Waals surface area contributed by atoms with E-state index in [0.29, 0.717) is 17.1 Å². The smallest absolute Gasteiger partial charge is 0.345 e. The van der Waals surface area contributed by atoms with Crippen LogP contribution in [0.15, 0.2) is 87.8 Å². The van der Waals surface area contributed by atoms with Crippen molar-refractivity contribution in [3.05, 3.63) is 116 Å². The van der Waals surface area contributed by atoms with Gasteiger partial charge < -0.3 is 25.5 Å². The van der Waals surface area contributed by atoms with Gasteiger partial charge in [0, 0.05) is 44.5 Å². The van der Waals surface area contributed by atoms with Crippen LogP contribution in [0.2, 0.25) is 0 Å². The first kappa shape index (κ1) is 41.9. The largest absolute Gasteiger partial charge is 0.462 e. The summed E-state index contributed by atoms with van der Waals surface area (Å²) in [6.07, 6.45) is 8.50. The maximum atomic E-state index is 12.0. The summed E-state index contributed by atoms with van der Waals surface area (Å²) < 4.78 is 9.51. The highest BCUT2D eigenvalue weighted by Crippen LogP contribution is 2.16. The van der Waals surface area contributed by atoms with Crippen LogP contribution in [0.3, 0.4) is 0 Å². The minimum atomic E-state index is -0.651. The van der Waals surface area contributed by atoms with Gasteiger partial charge in [0.25, 0.3) is 11.1 Å². The van der Waals surface area contributed by atoms with Crippen LogP contribution < -0.4 is 22.2 Å². The number of benzene rings is 2. The Kier molecular flexibility index (Phi) is 17.4. The van der Waals surface area contributed by atoms with Crippen molar-refractivity contribution >= 4 is 29.6 Å². The average molecular weight is 761 g/mol. The van der Waals surface area contributed by atoms with E-state index in [1.165, 1.54) is 35.3 Å². The summed E-state index contributed by atoms with van der Waals surface area (Å²) in [6.45, 7) is 10.1. The van der Waals surface area contributed by atoms with Gasteiger partial charge in [0.15, 0.2) is 5.16 Å². The van der Waals surface area contributed by atoms with Crippen molar-refractivity contribution in [1.82, 2.24) is 29.7 Å². The van der Waals surface area contributed by atoms with Gasteiger partial charge in [-0.05, 0) is 70.0 Å². The number of thioether (sulfide) groups is 1. The minimum Gasteiger partial charge on any atom is -0.462 e. The van der Waals surface area contributed by atoms with E-state index in [-0.39, 0.29) is 30.4 Å². The predicted octanol–water partition coefficient (Wildman–Crippen LogP) is 4.30. The van der Waals surface area contributed by atoms with E-state index in [1.807, 2.05) is 6.07 Å². The van der Waals surface area contributed by atoms with Gasteiger partial charge in [-0.15, -0.1) is 0 Å². The number of aromatic nitrogens is 4.